The second kappa shape index (κ2) is 14.1. The summed E-state index contributed by atoms with van der Waals surface area (Å²) in [6.45, 7) is 18.2. The summed E-state index contributed by atoms with van der Waals surface area (Å²) in [5, 5.41) is 3.55. The molecule has 2 aromatic carbocycles. The van der Waals surface area contributed by atoms with E-state index >= 15 is 0 Å². The molecule has 1 radical (unpaired) electrons. The third-order valence-corrected chi connectivity index (χ3v) is 10.3. The molecule has 1 unspecified atom stereocenters. The Morgan fingerprint density at radius 2 is 1.61 bits per heavy atom. The molecule has 0 fully saturated rings. The second-order valence-electron chi connectivity index (χ2n) is 12.6. The first-order valence-corrected chi connectivity index (χ1v) is 18.7. The molecule has 1 atom stereocenters. The molecule has 0 aliphatic carbocycles. The minimum atomic E-state index is -1.30. The van der Waals surface area contributed by atoms with Gasteiger partial charge in [0.05, 0.1) is 13.7 Å². The van der Waals surface area contributed by atoms with Crippen LogP contribution in [0, 0.1) is 25.0 Å². The molecule has 6 aromatic rings. The molecular weight excluding hydrogens is 735 g/mol. The van der Waals surface area contributed by atoms with Gasteiger partial charge in [-0.25, -0.2) is 4.98 Å². The predicted molar refractivity (Wildman–Crippen MR) is 182 cm³/mol. The normalized spacial score (nSPS) is 12.1. The summed E-state index contributed by atoms with van der Waals surface area (Å²) in [4.78, 5) is 13.6. The van der Waals surface area contributed by atoms with E-state index in [9.17, 15) is 0 Å². The number of aryl methyl sites for hydroxylation is 2. The topological polar surface area (TPSA) is 51.8 Å². The van der Waals surface area contributed by atoms with Crippen molar-refractivity contribution in [1.29, 1.82) is 0 Å². The molecule has 6 rings (SSSR count). The molecule has 4 heterocycles. The average Bonchev–Trinajstić information content (AvgIpc) is 3.40. The van der Waals surface area contributed by atoms with Gasteiger partial charge in [0.1, 0.15) is 0 Å². The fourth-order valence-corrected chi connectivity index (χ4v) is 7.12. The van der Waals surface area contributed by atoms with Crippen LogP contribution in [0.4, 0.5) is 0 Å². The molecule has 0 saturated carbocycles. The van der Waals surface area contributed by atoms with E-state index in [-0.39, 0.29) is 20.1 Å². The van der Waals surface area contributed by atoms with E-state index < -0.39 is 8.07 Å². The van der Waals surface area contributed by atoms with Crippen molar-refractivity contribution in [1.82, 2.24) is 15.0 Å². The van der Waals surface area contributed by atoms with Gasteiger partial charge < -0.3 is 14.4 Å². The van der Waals surface area contributed by atoms with E-state index in [0.717, 1.165) is 45.3 Å². The Bertz CT molecular complexity index is 1860. The van der Waals surface area contributed by atoms with Crippen molar-refractivity contribution in [2.75, 3.05) is 0 Å². The Labute approximate surface area is 276 Å². The molecule has 6 heteroatoms. The van der Waals surface area contributed by atoms with Gasteiger partial charge in [0.2, 0.25) is 5.71 Å². The molecule has 0 aliphatic rings. The molecule has 229 valence electrons. The van der Waals surface area contributed by atoms with Crippen LogP contribution in [-0.2, 0) is 26.5 Å². The molecule has 0 aliphatic heterocycles. The van der Waals surface area contributed by atoms with Crippen LogP contribution in [0.5, 0.6) is 0 Å². The van der Waals surface area contributed by atoms with E-state index in [2.05, 4.69) is 106 Å². The maximum Gasteiger partial charge on any atom is 0.216 e. The zero-order valence-corrected chi connectivity index (χ0v) is 30.3. The smallest absolute Gasteiger partial charge is 0.216 e. The first-order valence-electron chi connectivity index (χ1n) is 15.2. The van der Waals surface area contributed by atoms with Gasteiger partial charge in [-0.2, -0.15) is 0 Å². The van der Waals surface area contributed by atoms with Crippen LogP contribution in [0.3, 0.4) is 0 Å². The summed E-state index contributed by atoms with van der Waals surface area (Å²) in [5.74, 6) is 1.04. The van der Waals surface area contributed by atoms with Crippen LogP contribution in [0.15, 0.2) is 83.7 Å². The zero-order chi connectivity index (χ0) is 30.7. The van der Waals surface area contributed by atoms with Gasteiger partial charge >= 0.3 is 0 Å². The van der Waals surface area contributed by atoms with E-state index in [1.54, 1.807) is 6.20 Å². The summed E-state index contributed by atoms with van der Waals surface area (Å²) in [6, 6.07) is 26.9. The van der Waals surface area contributed by atoms with Crippen LogP contribution < -0.4 is 5.19 Å². The second-order valence-corrected chi connectivity index (χ2v) is 17.7. The Balaban J connectivity index is 0.000000207. The van der Waals surface area contributed by atoms with Gasteiger partial charge in [-0.05, 0) is 65.0 Å². The van der Waals surface area contributed by atoms with Crippen LogP contribution >= 0.6 is 0 Å². The number of nitrogens with zero attached hydrogens (tertiary/aromatic N) is 3. The van der Waals surface area contributed by atoms with Crippen LogP contribution in [0.1, 0.15) is 50.3 Å². The number of rotatable bonds is 6. The van der Waals surface area contributed by atoms with Crippen molar-refractivity contribution >= 4 is 35.3 Å². The van der Waals surface area contributed by atoms with Gasteiger partial charge in [-0.15, -0.1) is 54.1 Å². The van der Waals surface area contributed by atoms with Gasteiger partial charge in [-0.1, -0.05) is 76.0 Å². The molecule has 0 N–H and O–H groups in total. The fraction of sp³-hybridized carbons (Fsp3) is 0.289. The standard InChI is InChI=1S/C22H21N2O.C16H20NSi.Ir/c1-13(2)15(4)19-11-20(24-12-14(19)3)18-8-5-7-16-17-9-6-10-23-22(17)25-21(16)18;1-5-13-11-15(14-9-7-6-8-10-14)17-12-16(13)18(2,3)4;/h5-7,9-13,15H,1-4H3;6-9,11-12H,5H2,1-4H3;/q2*-1;. The quantitative estimate of drug-likeness (QED) is 0.125. The molecule has 4 aromatic heterocycles. The van der Waals surface area contributed by atoms with Crippen molar-refractivity contribution in [3.05, 3.63) is 108 Å². The minimum absolute atomic E-state index is 0. The Morgan fingerprint density at radius 1 is 0.841 bits per heavy atom. The fourth-order valence-electron chi connectivity index (χ4n) is 5.46. The molecule has 0 bridgehead atoms. The monoisotopic (exact) mass is 776 g/mol. The van der Waals surface area contributed by atoms with E-state index in [0.29, 0.717) is 17.5 Å². The summed E-state index contributed by atoms with van der Waals surface area (Å²) in [6.07, 6.45) is 6.86. The van der Waals surface area contributed by atoms with Crippen molar-refractivity contribution in [2.24, 2.45) is 5.92 Å². The largest absolute Gasteiger partial charge is 0.486 e. The van der Waals surface area contributed by atoms with Gasteiger partial charge in [0.15, 0.2) is 0 Å². The summed E-state index contributed by atoms with van der Waals surface area (Å²) >= 11 is 0. The first-order chi connectivity index (χ1) is 20.6. The zero-order valence-electron chi connectivity index (χ0n) is 27.0. The number of aromatic nitrogens is 3. The van der Waals surface area contributed by atoms with Crippen molar-refractivity contribution in [3.8, 4) is 22.5 Å². The molecular formula is C38H41IrN3OSi-2. The number of hydrogen-bond acceptors (Lipinski definition) is 4. The number of furan rings is 1. The van der Waals surface area contributed by atoms with E-state index in [1.807, 2.05) is 48.7 Å². The summed E-state index contributed by atoms with van der Waals surface area (Å²) in [5.41, 5.74) is 9.37. The summed E-state index contributed by atoms with van der Waals surface area (Å²) in [7, 11) is -1.30. The van der Waals surface area contributed by atoms with Crippen LogP contribution in [0.25, 0.3) is 44.6 Å². The molecule has 4 nitrogen and oxygen atoms in total. The van der Waals surface area contributed by atoms with E-state index in [4.69, 9.17) is 4.42 Å². The number of benzene rings is 2. The predicted octanol–water partition coefficient (Wildman–Crippen LogP) is 9.56. The SMILES string of the molecule is CCc1cc(-c2[c-]cccc2)ncc1[Si](C)(C)C.Cc1cnc(-c2[c-]ccc3c2oc2ncccc23)cc1C(C)C(C)C.[Ir]. The van der Waals surface area contributed by atoms with Gasteiger partial charge in [0.25, 0.3) is 0 Å². The Hall–Kier alpha value is -3.44. The van der Waals surface area contributed by atoms with Gasteiger partial charge in [0, 0.05) is 44.1 Å². The average molecular weight is 776 g/mol. The molecule has 0 saturated heterocycles. The molecule has 0 amide bonds. The number of hydrogen-bond donors (Lipinski definition) is 0. The van der Waals surface area contributed by atoms with Gasteiger partial charge in [-0.3, -0.25) is 0 Å². The minimum Gasteiger partial charge on any atom is -0.486 e. The van der Waals surface area contributed by atoms with E-state index in [1.165, 1.54) is 21.9 Å². The third-order valence-electron chi connectivity index (χ3n) is 8.26. The maximum absolute atomic E-state index is 6.03. The summed E-state index contributed by atoms with van der Waals surface area (Å²) < 4.78 is 6.03. The van der Waals surface area contributed by atoms with Crippen molar-refractivity contribution in [2.45, 2.75) is 66.6 Å². The van der Waals surface area contributed by atoms with Crippen LogP contribution in [0.2, 0.25) is 19.6 Å². The molecule has 0 spiro atoms. The van der Waals surface area contributed by atoms with Crippen LogP contribution in [-0.4, -0.2) is 23.0 Å². The Morgan fingerprint density at radius 3 is 2.30 bits per heavy atom. The number of pyridine rings is 3. The van der Waals surface area contributed by atoms with Crippen molar-refractivity contribution < 1.29 is 24.5 Å². The molecule has 44 heavy (non-hydrogen) atoms. The number of fused-ring (bicyclic) bond motifs is 3. The van der Waals surface area contributed by atoms with Crippen molar-refractivity contribution in [3.63, 3.8) is 0 Å². The first kappa shape index (κ1) is 33.4. The Kier molecular flexibility index (Phi) is 10.7. The third kappa shape index (κ3) is 7.09. The maximum atomic E-state index is 6.03.